The molecule has 1 aliphatic carbocycles. The SMILES string of the molecule is c1ccc(-c2cc(-c3ccccc3)nc(-c3ccc(-c4cccc5c4C(c4ccccc4)(c4ccccc4)c4cc6ccccc6cc4-5)c4ccccc34)n2)cc1. The predicted molar refractivity (Wildman–Crippen MR) is 236 cm³/mol. The summed E-state index contributed by atoms with van der Waals surface area (Å²) in [6, 6.07) is 78.9. The van der Waals surface area contributed by atoms with Gasteiger partial charge in [-0.15, -0.1) is 0 Å². The molecule has 0 atom stereocenters. The molecule has 266 valence electrons. The van der Waals surface area contributed by atoms with Gasteiger partial charge in [-0.2, -0.15) is 0 Å². The van der Waals surface area contributed by atoms with Gasteiger partial charge in [-0.25, -0.2) is 9.97 Å². The van der Waals surface area contributed by atoms with Crippen molar-refractivity contribution < 1.29 is 0 Å². The van der Waals surface area contributed by atoms with Crippen LogP contribution >= 0.6 is 0 Å². The maximum absolute atomic E-state index is 5.25. The fraction of sp³-hybridized carbons (Fsp3) is 0.0182. The summed E-state index contributed by atoms with van der Waals surface area (Å²) in [6.45, 7) is 0. The van der Waals surface area contributed by atoms with Crippen molar-refractivity contribution >= 4 is 21.5 Å². The zero-order valence-corrected chi connectivity index (χ0v) is 31.2. The fourth-order valence-corrected chi connectivity index (χ4v) is 9.27. The molecule has 2 heteroatoms. The molecule has 0 N–H and O–H groups in total. The van der Waals surface area contributed by atoms with Crippen molar-refractivity contribution in [3.05, 3.63) is 241 Å². The first-order valence-electron chi connectivity index (χ1n) is 19.6. The van der Waals surface area contributed by atoms with Gasteiger partial charge in [-0.3, -0.25) is 0 Å². The Bertz CT molecular complexity index is 3000. The van der Waals surface area contributed by atoms with E-state index in [1.807, 2.05) is 12.1 Å². The molecule has 0 saturated heterocycles. The van der Waals surface area contributed by atoms with Crippen LogP contribution in [0.1, 0.15) is 22.3 Å². The van der Waals surface area contributed by atoms with Crippen LogP contribution in [0.2, 0.25) is 0 Å². The van der Waals surface area contributed by atoms with Gasteiger partial charge in [0, 0.05) is 16.7 Å². The van der Waals surface area contributed by atoms with E-state index in [4.69, 9.17) is 9.97 Å². The van der Waals surface area contributed by atoms with Crippen LogP contribution in [0.4, 0.5) is 0 Å². The summed E-state index contributed by atoms with van der Waals surface area (Å²) in [5.74, 6) is 0.707. The first-order chi connectivity index (χ1) is 28.3. The Labute approximate surface area is 332 Å². The summed E-state index contributed by atoms with van der Waals surface area (Å²) in [4.78, 5) is 10.5. The second kappa shape index (κ2) is 13.4. The molecule has 57 heavy (non-hydrogen) atoms. The Morgan fingerprint density at radius 3 is 1.35 bits per heavy atom. The summed E-state index contributed by atoms with van der Waals surface area (Å²) in [5, 5.41) is 4.76. The Hall–Kier alpha value is -7.42. The van der Waals surface area contributed by atoms with Crippen molar-refractivity contribution in [3.63, 3.8) is 0 Å². The van der Waals surface area contributed by atoms with E-state index in [0.29, 0.717) is 5.82 Å². The molecule has 1 aromatic heterocycles. The predicted octanol–water partition coefficient (Wildman–Crippen LogP) is 13.8. The third kappa shape index (κ3) is 5.26. The maximum atomic E-state index is 5.25. The summed E-state index contributed by atoms with van der Waals surface area (Å²) < 4.78 is 0. The van der Waals surface area contributed by atoms with Crippen LogP contribution in [0.25, 0.3) is 77.7 Å². The molecule has 0 radical (unpaired) electrons. The smallest absolute Gasteiger partial charge is 0.161 e. The minimum Gasteiger partial charge on any atom is -0.228 e. The summed E-state index contributed by atoms with van der Waals surface area (Å²) in [5.41, 5.74) is 14.4. The van der Waals surface area contributed by atoms with Gasteiger partial charge in [0.1, 0.15) is 0 Å². The molecule has 0 unspecified atom stereocenters. The summed E-state index contributed by atoms with van der Waals surface area (Å²) >= 11 is 0. The highest BCUT2D eigenvalue weighted by atomic mass is 14.9. The molecule has 0 saturated carbocycles. The highest BCUT2D eigenvalue weighted by Gasteiger charge is 2.48. The van der Waals surface area contributed by atoms with Gasteiger partial charge in [0.25, 0.3) is 0 Å². The molecule has 1 heterocycles. The van der Waals surface area contributed by atoms with Crippen LogP contribution in [0.5, 0.6) is 0 Å². The summed E-state index contributed by atoms with van der Waals surface area (Å²) in [7, 11) is 0. The normalized spacial score (nSPS) is 12.7. The molecule has 1 aliphatic rings. The second-order valence-corrected chi connectivity index (χ2v) is 14.9. The number of hydrogen-bond donors (Lipinski definition) is 0. The minimum atomic E-state index is -0.564. The Kier molecular flexibility index (Phi) is 7.75. The third-order valence-electron chi connectivity index (χ3n) is 11.8. The van der Waals surface area contributed by atoms with E-state index >= 15 is 0 Å². The number of fused-ring (bicyclic) bond motifs is 5. The first-order valence-corrected chi connectivity index (χ1v) is 19.6. The largest absolute Gasteiger partial charge is 0.228 e. The van der Waals surface area contributed by atoms with E-state index in [1.54, 1.807) is 0 Å². The lowest BCUT2D eigenvalue weighted by molar-refractivity contribution is 0.771. The monoisotopic (exact) mass is 724 g/mol. The van der Waals surface area contributed by atoms with Gasteiger partial charge in [0.05, 0.1) is 16.8 Å². The van der Waals surface area contributed by atoms with Gasteiger partial charge >= 0.3 is 0 Å². The van der Waals surface area contributed by atoms with Gasteiger partial charge in [0.2, 0.25) is 0 Å². The molecule has 9 aromatic carbocycles. The van der Waals surface area contributed by atoms with E-state index in [2.05, 4.69) is 206 Å². The molecule has 0 bridgehead atoms. The van der Waals surface area contributed by atoms with Crippen molar-refractivity contribution in [2.45, 2.75) is 5.41 Å². The number of nitrogens with zero attached hydrogens (tertiary/aromatic N) is 2. The number of aromatic nitrogens is 2. The first kappa shape index (κ1) is 33.0. The minimum absolute atomic E-state index is 0.564. The lowest BCUT2D eigenvalue weighted by Gasteiger charge is -2.35. The highest BCUT2D eigenvalue weighted by molar-refractivity contribution is 6.07. The maximum Gasteiger partial charge on any atom is 0.161 e. The molecule has 0 spiro atoms. The zero-order chi connectivity index (χ0) is 37.8. The highest BCUT2D eigenvalue weighted by Crippen LogP contribution is 2.59. The standard InChI is InChI=1S/C55H36N2/c1-5-18-37(19-6-1)51-36-52(38-20-7-2-8-21-38)57-54(56-51)48-33-32-45(43-28-15-16-29-44(43)48)46-30-17-31-47-49-34-39-22-13-14-23-40(39)35-50(49)55(53(46)47,41-24-9-3-10-25-41)42-26-11-4-12-27-42/h1-36H. The number of rotatable bonds is 6. The van der Waals surface area contributed by atoms with Crippen molar-refractivity contribution in [1.29, 1.82) is 0 Å². The van der Waals surface area contributed by atoms with E-state index in [-0.39, 0.29) is 0 Å². The molecular formula is C55H36N2. The molecule has 0 aliphatic heterocycles. The molecule has 0 amide bonds. The Morgan fingerprint density at radius 1 is 0.316 bits per heavy atom. The van der Waals surface area contributed by atoms with Crippen LogP contribution in [0.15, 0.2) is 218 Å². The number of hydrogen-bond acceptors (Lipinski definition) is 2. The van der Waals surface area contributed by atoms with Crippen LogP contribution in [0.3, 0.4) is 0 Å². The zero-order valence-electron chi connectivity index (χ0n) is 31.2. The van der Waals surface area contributed by atoms with E-state index in [9.17, 15) is 0 Å². The molecular weight excluding hydrogens is 689 g/mol. The lowest BCUT2D eigenvalue weighted by atomic mass is 9.66. The van der Waals surface area contributed by atoms with Gasteiger partial charge in [0.15, 0.2) is 5.82 Å². The van der Waals surface area contributed by atoms with Crippen LogP contribution in [-0.4, -0.2) is 9.97 Å². The Morgan fingerprint density at radius 2 is 0.772 bits per heavy atom. The lowest BCUT2D eigenvalue weighted by Crippen LogP contribution is -2.29. The van der Waals surface area contributed by atoms with Crippen LogP contribution < -0.4 is 0 Å². The topological polar surface area (TPSA) is 25.8 Å². The van der Waals surface area contributed by atoms with Crippen molar-refractivity contribution in [2.24, 2.45) is 0 Å². The fourth-order valence-electron chi connectivity index (χ4n) is 9.27. The molecule has 11 rings (SSSR count). The van der Waals surface area contributed by atoms with Crippen LogP contribution in [0, 0.1) is 0 Å². The number of benzene rings is 9. The Balaban J connectivity index is 1.19. The van der Waals surface area contributed by atoms with E-state index in [0.717, 1.165) is 38.9 Å². The molecule has 0 fully saturated rings. The molecule has 10 aromatic rings. The van der Waals surface area contributed by atoms with Gasteiger partial charge in [-0.1, -0.05) is 194 Å². The van der Waals surface area contributed by atoms with E-state index in [1.165, 1.54) is 55.3 Å². The average molecular weight is 725 g/mol. The van der Waals surface area contributed by atoms with Crippen molar-refractivity contribution in [1.82, 2.24) is 9.97 Å². The van der Waals surface area contributed by atoms with Crippen molar-refractivity contribution in [3.8, 4) is 56.2 Å². The average Bonchev–Trinajstić information content (AvgIpc) is 3.59. The van der Waals surface area contributed by atoms with Gasteiger partial charge in [-0.05, 0) is 90.3 Å². The second-order valence-electron chi connectivity index (χ2n) is 14.9. The van der Waals surface area contributed by atoms with Crippen molar-refractivity contribution in [2.75, 3.05) is 0 Å². The summed E-state index contributed by atoms with van der Waals surface area (Å²) in [6.07, 6.45) is 0. The van der Waals surface area contributed by atoms with Gasteiger partial charge < -0.3 is 0 Å². The third-order valence-corrected chi connectivity index (χ3v) is 11.8. The van der Waals surface area contributed by atoms with E-state index < -0.39 is 5.41 Å². The van der Waals surface area contributed by atoms with Crippen LogP contribution in [-0.2, 0) is 5.41 Å². The molecule has 2 nitrogen and oxygen atoms in total. The quantitative estimate of drug-likeness (QED) is 0.171.